The van der Waals surface area contributed by atoms with Crippen molar-refractivity contribution in [1.82, 2.24) is 4.90 Å². The van der Waals surface area contributed by atoms with Gasteiger partial charge in [-0.05, 0) is 45.0 Å². The second-order valence-electron chi connectivity index (χ2n) is 5.12. The van der Waals surface area contributed by atoms with Crippen LogP contribution in [-0.2, 0) is 0 Å². The van der Waals surface area contributed by atoms with Crippen LogP contribution in [0.25, 0.3) is 0 Å². The number of nitrogens with zero attached hydrogens (tertiary/aromatic N) is 1. The molecule has 0 bridgehead atoms. The van der Waals surface area contributed by atoms with Crippen LogP contribution >= 0.6 is 0 Å². The van der Waals surface area contributed by atoms with Gasteiger partial charge in [-0.1, -0.05) is 0 Å². The smallest absolute Gasteiger partial charge is 0.122 e. The molecular weight excluding hydrogens is 226 g/mol. The quantitative estimate of drug-likeness (QED) is 0.802. The molecule has 1 aliphatic heterocycles. The Balaban J connectivity index is 1.88. The third-order valence-electron chi connectivity index (χ3n) is 3.60. The van der Waals surface area contributed by atoms with Crippen LogP contribution in [0.1, 0.15) is 12.8 Å². The molecule has 2 rings (SSSR count). The van der Waals surface area contributed by atoms with Gasteiger partial charge in [0, 0.05) is 30.1 Å². The van der Waals surface area contributed by atoms with Crippen molar-refractivity contribution in [2.45, 2.75) is 12.8 Å². The van der Waals surface area contributed by atoms with E-state index in [9.17, 15) is 0 Å². The van der Waals surface area contributed by atoms with Gasteiger partial charge in [0.15, 0.2) is 0 Å². The number of nitrogens with one attached hydrogen (secondary N) is 1. The zero-order chi connectivity index (χ0) is 13.0. The summed E-state index contributed by atoms with van der Waals surface area (Å²) in [5.41, 5.74) is 7.62. The Hall–Kier alpha value is -1.42. The lowest BCUT2D eigenvalue weighted by molar-refractivity contribution is 0.226. The van der Waals surface area contributed by atoms with Crippen LogP contribution in [0, 0.1) is 5.92 Å². The highest BCUT2D eigenvalue weighted by atomic mass is 16.5. The van der Waals surface area contributed by atoms with Crippen LogP contribution < -0.4 is 15.8 Å². The molecule has 18 heavy (non-hydrogen) atoms. The normalized spacial score (nSPS) is 17.7. The number of ether oxygens (including phenoxy) is 1. The molecule has 0 saturated carbocycles. The lowest BCUT2D eigenvalue weighted by Gasteiger charge is -2.29. The zero-order valence-electron chi connectivity index (χ0n) is 11.3. The van der Waals surface area contributed by atoms with Crippen molar-refractivity contribution < 1.29 is 4.74 Å². The van der Waals surface area contributed by atoms with Gasteiger partial charge in [-0.2, -0.15) is 0 Å². The van der Waals surface area contributed by atoms with E-state index in [2.05, 4.69) is 17.3 Å². The van der Waals surface area contributed by atoms with E-state index in [0.717, 1.165) is 29.6 Å². The molecule has 4 nitrogen and oxygen atoms in total. The van der Waals surface area contributed by atoms with Crippen LogP contribution in [0.2, 0.25) is 0 Å². The average molecular weight is 249 g/mol. The molecule has 1 aromatic carbocycles. The van der Waals surface area contributed by atoms with Gasteiger partial charge < -0.3 is 20.7 Å². The van der Waals surface area contributed by atoms with Crippen molar-refractivity contribution >= 4 is 11.4 Å². The van der Waals surface area contributed by atoms with Crippen molar-refractivity contribution in [1.29, 1.82) is 0 Å². The molecule has 0 amide bonds. The molecule has 0 atom stereocenters. The van der Waals surface area contributed by atoms with E-state index in [1.54, 1.807) is 7.11 Å². The number of rotatable bonds is 4. The number of methoxy groups -OCH3 is 1. The average Bonchev–Trinajstić information content (AvgIpc) is 2.37. The first-order chi connectivity index (χ1) is 8.67. The van der Waals surface area contributed by atoms with E-state index >= 15 is 0 Å². The minimum atomic E-state index is 0.736. The molecule has 1 aromatic rings. The van der Waals surface area contributed by atoms with Crippen LogP contribution in [0.4, 0.5) is 11.4 Å². The molecule has 4 heteroatoms. The number of nitrogen functional groups attached to an aromatic ring is 1. The van der Waals surface area contributed by atoms with Crippen LogP contribution in [0.15, 0.2) is 18.2 Å². The third kappa shape index (κ3) is 3.53. The molecule has 1 saturated heterocycles. The Morgan fingerprint density at radius 2 is 2.06 bits per heavy atom. The van der Waals surface area contributed by atoms with Gasteiger partial charge in [0.05, 0.1) is 7.11 Å². The summed E-state index contributed by atoms with van der Waals surface area (Å²) in [5.74, 6) is 1.56. The molecule has 0 spiro atoms. The summed E-state index contributed by atoms with van der Waals surface area (Å²) in [7, 11) is 3.85. The van der Waals surface area contributed by atoms with E-state index in [1.807, 2.05) is 18.2 Å². The second-order valence-corrected chi connectivity index (χ2v) is 5.12. The van der Waals surface area contributed by atoms with Gasteiger partial charge in [-0.25, -0.2) is 0 Å². The standard InChI is InChI=1S/C14H23N3O/c1-17-5-3-11(4-6-17)10-16-13-7-12(15)8-14(9-13)18-2/h7-9,11,16H,3-6,10,15H2,1-2H3. The maximum atomic E-state index is 5.84. The fraction of sp³-hybridized carbons (Fsp3) is 0.571. The first kappa shape index (κ1) is 13.0. The Morgan fingerprint density at radius 1 is 1.33 bits per heavy atom. The number of likely N-dealkylation sites (tertiary alicyclic amines) is 1. The number of hydrogen-bond acceptors (Lipinski definition) is 4. The van der Waals surface area contributed by atoms with E-state index in [0.29, 0.717) is 0 Å². The SMILES string of the molecule is COc1cc(N)cc(NCC2CCN(C)CC2)c1. The van der Waals surface area contributed by atoms with Crippen molar-refractivity contribution in [3.05, 3.63) is 18.2 Å². The van der Waals surface area contributed by atoms with E-state index in [4.69, 9.17) is 10.5 Å². The topological polar surface area (TPSA) is 50.5 Å². The number of piperidine rings is 1. The lowest BCUT2D eigenvalue weighted by Crippen LogP contribution is -2.32. The maximum absolute atomic E-state index is 5.84. The molecular formula is C14H23N3O. The summed E-state index contributed by atoms with van der Waals surface area (Å²) >= 11 is 0. The fourth-order valence-corrected chi connectivity index (χ4v) is 2.37. The molecule has 0 unspecified atom stereocenters. The summed E-state index contributed by atoms with van der Waals surface area (Å²) in [5, 5.41) is 3.47. The fourth-order valence-electron chi connectivity index (χ4n) is 2.37. The van der Waals surface area contributed by atoms with Crippen molar-refractivity contribution in [2.24, 2.45) is 5.92 Å². The van der Waals surface area contributed by atoms with Gasteiger partial charge in [0.2, 0.25) is 0 Å². The molecule has 1 aliphatic rings. The van der Waals surface area contributed by atoms with Gasteiger partial charge in [-0.3, -0.25) is 0 Å². The molecule has 0 aromatic heterocycles. The van der Waals surface area contributed by atoms with Crippen molar-refractivity contribution in [2.75, 3.05) is 44.8 Å². The van der Waals surface area contributed by atoms with Crippen molar-refractivity contribution in [3.63, 3.8) is 0 Å². The van der Waals surface area contributed by atoms with E-state index < -0.39 is 0 Å². The summed E-state index contributed by atoms with van der Waals surface area (Å²) in [6, 6.07) is 5.78. The largest absolute Gasteiger partial charge is 0.497 e. The molecule has 0 aliphatic carbocycles. The summed E-state index contributed by atoms with van der Waals surface area (Å²) in [6.07, 6.45) is 2.53. The number of nitrogens with two attached hydrogens (primary N) is 1. The van der Waals surface area contributed by atoms with Gasteiger partial charge >= 0.3 is 0 Å². The molecule has 3 N–H and O–H groups in total. The number of hydrogen-bond donors (Lipinski definition) is 2. The monoisotopic (exact) mass is 249 g/mol. The van der Waals surface area contributed by atoms with Gasteiger partial charge in [0.25, 0.3) is 0 Å². The Bertz CT molecular complexity index is 387. The first-order valence-corrected chi connectivity index (χ1v) is 6.54. The Morgan fingerprint density at radius 3 is 2.72 bits per heavy atom. The van der Waals surface area contributed by atoms with Crippen LogP contribution in [-0.4, -0.2) is 38.7 Å². The van der Waals surface area contributed by atoms with E-state index in [-0.39, 0.29) is 0 Å². The third-order valence-corrected chi connectivity index (χ3v) is 3.60. The van der Waals surface area contributed by atoms with Crippen LogP contribution in [0.5, 0.6) is 5.75 Å². The summed E-state index contributed by atoms with van der Waals surface area (Å²) in [4.78, 5) is 2.39. The summed E-state index contributed by atoms with van der Waals surface area (Å²) < 4.78 is 5.21. The predicted octanol–water partition coefficient (Wildman–Crippen LogP) is 2.03. The summed E-state index contributed by atoms with van der Waals surface area (Å²) in [6.45, 7) is 3.42. The highest BCUT2D eigenvalue weighted by Gasteiger charge is 2.16. The van der Waals surface area contributed by atoms with Gasteiger partial charge in [0.1, 0.15) is 5.75 Å². The zero-order valence-corrected chi connectivity index (χ0v) is 11.3. The molecule has 1 heterocycles. The van der Waals surface area contributed by atoms with E-state index in [1.165, 1.54) is 25.9 Å². The molecule has 100 valence electrons. The van der Waals surface area contributed by atoms with Crippen molar-refractivity contribution in [3.8, 4) is 5.75 Å². The minimum Gasteiger partial charge on any atom is -0.497 e. The minimum absolute atomic E-state index is 0.736. The number of anilines is 2. The lowest BCUT2D eigenvalue weighted by atomic mass is 9.97. The van der Waals surface area contributed by atoms with Crippen LogP contribution in [0.3, 0.4) is 0 Å². The first-order valence-electron chi connectivity index (χ1n) is 6.54. The molecule has 0 radical (unpaired) electrons. The Kier molecular flexibility index (Phi) is 4.31. The highest BCUT2D eigenvalue weighted by Crippen LogP contribution is 2.23. The van der Waals surface area contributed by atoms with Gasteiger partial charge in [-0.15, -0.1) is 0 Å². The number of benzene rings is 1. The predicted molar refractivity (Wildman–Crippen MR) is 76.1 cm³/mol. The maximum Gasteiger partial charge on any atom is 0.122 e. The highest BCUT2D eigenvalue weighted by molar-refractivity contribution is 5.59. The molecule has 1 fully saturated rings. The Labute approximate surface area is 109 Å². The second kappa shape index (κ2) is 5.96.